The van der Waals surface area contributed by atoms with Crippen LogP contribution < -0.4 is 4.90 Å². The van der Waals surface area contributed by atoms with Crippen LogP contribution in [0, 0.1) is 17.7 Å². The highest BCUT2D eigenvalue weighted by atomic mass is 19.1. The molecule has 28 heavy (non-hydrogen) atoms. The maximum absolute atomic E-state index is 13.1. The van der Waals surface area contributed by atoms with Crippen LogP contribution in [-0.2, 0) is 9.59 Å². The lowest BCUT2D eigenvalue weighted by atomic mass is 9.99. The molecule has 2 aliphatic heterocycles. The zero-order valence-electron chi connectivity index (χ0n) is 16.6. The molecule has 0 aromatic heterocycles. The lowest BCUT2D eigenvalue weighted by molar-refractivity contribution is -0.140. The smallest absolute Gasteiger partial charge is 0.226 e. The van der Waals surface area contributed by atoms with Crippen molar-refractivity contribution in [2.24, 2.45) is 11.8 Å². The number of hydrogen-bond donors (Lipinski definition) is 0. The van der Waals surface area contributed by atoms with Crippen molar-refractivity contribution >= 4 is 17.5 Å². The van der Waals surface area contributed by atoms with Crippen LogP contribution in [0.5, 0.6) is 0 Å². The number of carbonyl (C=O) groups excluding carboxylic acids is 2. The van der Waals surface area contributed by atoms with Gasteiger partial charge in [0.2, 0.25) is 11.8 Å². The molecule has 3 aliphatic rings. The third-order valence-electron chi connectivity index (χ3n) is 6.59. The van der Waals surface area contributed by atoms with Gasteiger partial charge in [0, 0.05) is 44.5 Å². The number of nitrogens with zero attached hydrogens (tertiary/aromatic N) is 3. The molecule has 6 heteroatoms. The molecule has 152 valence electrons. The highest BCUT2D eigenvalue weighted by molar-refractivity contribution is 5.92. The second-order valence-electron chi connectivity index (χ2n) is 8.33. The maximum atomic E-state index is 13.1. The summed E-state index contributed by atoms with van der Waals surface area (Å²) in [6.45, 7) is 5.81. The molecule has 1 saturated carbocycles. The minimum atomic E-state index is -0.235. The number of piperazine rings is 1. The van der Waals surface area contributed by atoms with Gasteiger partial charge in [0.15, 0.2) is 0 Å². The van der Waals surface area contributed by atoms with Crippen LogP contribution in [0.3, 0.4) is 0 Å². The molecule has 2 amide bonds. The van der Waals surface area contributed by atoms with Crippen molar-refractivity contribution in [3.63, 3.8) is 0 Å². The molecule has 2 heterocycles. The van der Waals surface area contributed by atoms with E-state index in [1.165, 1.54) is 18.6 Å². The molecule has 3 fully saturated rings. The van der Waals surface area contributed by atoms with E-state index in [0.29, 0.717) is 25.6 Å². The van der Waals surface area contributed by atoms with Crippen molar-refractivity contribution in [2.45, 2.75) is 45.1 Å². The van der Waals surface area contributed by atoms with Gasteiger partial charge >= 0.3 is 0 Å². The molecule has 1 aliphatic carbocycles. The minimum Gasteiger partial charge on any atom is -0.368 e. The normalized spacial score (nSPS) is 27.6. The Kier molecular flexibility index (Phi) is 5.56. The summed E-state index contributed by atoms with van der Waals surface area (Å²) >= 11 is 0. The van der Waals surface area contributed by atoms with Crippen LogP contribution in [-0.4, -0.2) is 60.4 Å². The monoisotopic (exact) mass is 387 g/mol. The van der Waals surface area contributed by atoms with Crippen LogP contribution >= 0.6 is 0 Å². The molecule has 1 aromatic carbocycles. The van der Waals surface area contributed by atoms with Crippen LogP contribution in [0.15, 0.2) is 24.3 Å². The Balaban J connectivity index is 1.29. The summed E-state index contributed by atoms with van der Waals surface area (Å²) < 4.78 is 13.1. The van der Waals surface area contributed by atoms with Gasteiger partial charge in [0.05, 0.1) is 11.8 Å². The molecule has 5 nitrogen and oxygen atoms in total. The fourth-order valence-electron chi connectivity index (χ4n) is 4.74. The standard InChI is InChI=1S/C22H30FN3O2/c1-2-17-5-3-4-10-26(17)22(28)20-15-19(20)21(27)25-13-11-24(12-14-25)18-8-6-16(23)7-9-18/h6-9,17,19-20H,2-5,10-15H2,1H3. The SMILES string of the molecule is CCC1CCCCN1C(=O)C1CC1C(=O)N1CCN(c2ccc(F)cc2)CC1. The quantitative estimate of drug-likeness (QED) is 0.798. The van der Waals surface area contributed by atoms with Crippen molar-refractivity contribution in [3.8, 4) is 0 Å². The van der Waals surface area contributed by atoms with Crippen molar-refractivity contribution < 1.29 is 14.0 Å². The van der Waals surface area contributed by atoms with E-state index in [9.17, 15) is 14.0 Å². The van der Waals surface area contributed by atoms with Gasteiger partial charge in [-0.05, 0) is 56.4 Å². The summed E-state index contributed by atoms with van der Waals surface area (Å²) in [5, 5.41) is 0. The van der Waals surface area contributed by atoms with Crippen molar-refractivity contribution in [1.82, 2.24) is 9.80 Å². The first-order valence-corrected chi connectivity index (χ1v) is 10.7. The lowest BCUT2D eigenvalue weighted by Gasteiger charge is -2.37. The largest absolute Gasteiger partial charge is 0.368 e. The minimum absolute atomic E-state index is 0.102. The Bertz CT molecular complexity index is 715. The summed E-state index contributed by atoms with van der Waals surface area (Å²) in [7, 11) is 0. The zero-order chi connectivity index (χ0) is 19.7. The zero-order valence-corrected chi connectivity index (χ0v) is 16.6. The third-order valence-corrected chi connectivity index (χ3v) is 6.59. The number of hydrogen-bond acceptors (Lipinski definition) is 3. The van der Waals surface area contributed by atoms with Gasteiger partial charge in [0.1, 0.15) is 5.82 Å². The van der Waals surface area contributed by atoms with Gasteiger partial charge in [-0.1, -0.05) is 6.92 Å². The van der Waals surface area contributed by atoms with E-state index < -0.39 is 0 Å². The molecule has 3 atom stereocenters. The second-order valence-corrected chi connectivity index (χ2v) is 8.33. The highest BCUT2D eigenvalue weighted by Crippen LogP contribution is 2.42. The summed E-state index contributed by atoms with van der Waals surface area (Å²) in [6, 6.07) is 6.86. The number of halogens is 1. The molecule has 3 unspecified atom stereocenters. The topological polar surface area (TPSA) is 43.9 Å². The van der Waals surface area contributed by atoms with Gasteiger partial charge in [-0.15, -0.1) is 0 Å². The van der Waals surface area contributed by atoms with E-state index in [0.717, 1.165) is 44.6 Å². The number of piperidine rings is 1. The third kappa shape index (κ3) is 3.87. The molecular weight excluding hydrogens is 357 g/mol. The Hall–Kier alpha value is -2.11. The van der Waals surface area contributed by atoms with Gasteiger partial charge < -0.3 is 14.7 Å². The number of amides is 2. The van der Waals surface area contributed by atoms with Gasteiger partial charge in [0.25, 0.3) is 0 Å². The second kappa shape index (κ2) is 8.10. The van der Waals surface area contributed by atoms with E-state index in [4.69, 9.17) is 0 Å². The predicted molar refractivity (Wildman–Crippen MR) is 106 cm³/mol. The highest BCUT2D eigenvalue weighted by Gasteiger charge is 2.51. The number of likely N-dealkylation sites (tertiary alicyclic amines) is 1. The molecular formula is C22H30FN3O2. The van der Waals surface area contributed by atoms with Gasteiger partial charge in [-0.2, -0.15) is 0 Å². The van der Waals surface area contributed by atoms with Crippen LogP contribution in [0.1, 0.15) is 39.0 Å². The van der Waals surface area contributed by atoms with E-state index in [2.05, 4.69) is 11.8 Å². The predicted octanol–water partition coefficient (Wildman–Crippen LogP) is 2.90. The molecule has 0 bridgehead atoms. The summed E-state index contributed by atoms with van der Waals surface area (Å²) in [4.78, 5) is 31.9. The van der Waals surface area contributed by atoms with Crippen LogP contribution in [0.4, 0.5) is 10.1 Å². The van der Waals surface area contributed by atoms with Crippen molar-refractivity contribution in [3.05, 3.63) is 30.1 Å². The average molecular weight is 387 g/mol. The van der Waals surface area contributed by atoms with E-state index in [1.807, 2.05) is 9.80 Å². The average Bonchev–Trinajstić information content (AvgIpc) is 3.54. The molecule has 4 rings (SSSR count). The lowest BCUT2D eigenvalue weighted by Crippen LogP contribution is -2.50. The number of carbonyl (C=O) groups is 2. The van der Waals surface area contributed by atoms with Gasteiger partial charge in [-0.25, -0.2) is 4.39 Å². The summed E-state index contributed by atoms with van der Waals surface area (Å²) in [5.74, 6) is -0.114. The Labute approximate surface area is 166 Å². The molecule has 2 saturated heterocycles. The fraction of sp³-hybridized carbons (Fsp3) is 0.636. The van der Waals surface area contributed by atoms with E-state index in [-0.39, 0.29) is 29.5 Å². The maximum Gasteiger partial charge on any atom is 0.226 e. The summed E-state index contributed by atoms with van der Waals surface area (Å²) in [5.41, 5.74) is 0.990. The molecule has 0 radical (unpaired) electrons. The Morgan fingerprint density at radius 1 is 0.964 bits per heavy atom. The Morgan fingerprint density at radius 3 is 2.32 bits per heavy atom. The first kappa shape index (κ1) is 19.2. The first-order chi connectivity index (χ1) is 13.6. The van der Waals surface area contributed by atoms with E-state index >= 15 is 0 Å². The Morgan fingerprint density at radius 2 is 1.64 bits per heavy atom. The van der Waals surface area contributed by atoms with Crippen LogP contribution in [0.25, 0.3) is 0 Å². The first-order valence-electron chi connectivity index (χ1n) is 10.7. The molecule has 1 aromatic rings. The number of anilines is 1. The number of benzene rings is 1. The fourth-order valence-corrected chi connectivity index (χ4v) is 4.74. The summed E-state index contributed by atoms with van der Waals surface area (Å²) in [6.07, 6.45) is 5.09. The van der Waals surface area contributed by atoms with Crippen molar-refractivity contribution in [1.29, 1.82) is 0 Å². The molecule has 0 N–H and O–H groups in total. The van der Waals surface area contributed by atoms with Crippen LogP contribution in [0.2, 0.25) is 0 Å². The van der Waals surface area contributed by atoms with E-state index in [1.54, 1.807) is 12.1 Å². The number of rotatable bonds is 4. The molecule has 0 spiro atoms. The van der Waals surface area contributed by atoms with Crippen molar-refractivity contribution in [2.75, 3.05) is 37.6 Å². The van der Waals surface area contributed by atoms with Gasteiger partial charge in [-0.3, -0.25) is 9.59 Å².